The summed E-state index contributed by atoms with van der Waals surface area (Å²) in [6.07, 6.45) is 16.5. The van der Waals surface area contributed by atoms with Gasteiger partial charge in [-0.15, -0.1) is 0 Å². The van der Waals surface area contributed by atoms with Gasteiger partial charge in [0.1, 0.15) is 24.3 Å². The second-order valence-corrected chi connectivity index (χ2v) is 10.1. The van der Waals surface area contributed by atoms with Crippen molar-refractivity contribution in [3.05, 3.63) is 60.9 Å². The molecule has 1 unspecified atom stereocenters. The Morgan fingerprint density at radius 3 is 1.76 bits per heavy atom. The summed E-state index contributed by atoms with van der Waals surface area (Å²) in [5.41, 5.74) is 2.91. The first-order valence-electron chi connectivity index (χ1n) is 14.6. The molecule has 0 N–H and O–H groups in total. The summed E-state index contributed by atoms with van der Waals surface area (Å²) in [6, 6.07) is 15.6. The van der Waals surface area contributed by atoms with E-state index in [-0.39, 0.29) is 6.61 Å². The Hall–Kier alpha value is -2.95. The average Bonchev–Trinajstić information content (AvgIpc) is 2.96. The Labute approximate surface area is 229 Å². The smallest absolute Gasteiger partial charge is 0.159 e. The van der Waals surface area contributed by atoms with E-state index in [4.69, 9.17) is 9.47 Å². The molecule has 4 nitrogen and oxygen atoms in total. The molecule has 206 valence electrons. The summed E-state index contributed by atoms with van der Waals surface area (Å²) in [5.74, 6) is 2.21. The van der Waals surface area contributed by atoms with Gasteiger partial charge in [-0.2, -0.15) is 0 Å². The Balaban J connectivity index is 1.41. The van der Waals surface area contributed by atoms with Crippen molar-refractivity contribution >= 4 is 0 Å². The summed E-state index contributed by atoms with van der Waals surface area (Å²) in [7, 11) is 0. The first-order valence-corrected chi connectivity index (χ1v) is 14.6. The summed E-state index contributed by atoms with van der Waals surface area (Å²) in [6.45, 7) is 5.29. The van der Waals surface area contributed by atoms with Crippen LogP contribution in [0.15, 0.2) is 60.9 Å². The van der Waals surface area contributed by atoms with E-state index < -0.39 is 6.17 Å². The third kappa shape index (κ3) is 10.8. The van der Waals surface area contributed by atoms with Crippen molar-refractivity contribution in [1.82, 2.24) is 9.97 Å². The molecule has 2 aromatic carbocycles. The normalized spacial score (nSPS) is 11.9. The Morgan fingerprint density at radius 2 is 1.13 bits per heavy atom. The van der Waals surface area contributed by atoms with E-state index >= 15 is 0 Å². The molecule has 0 spiro atoms. The van der Waals surface area contributed by atoms with Crippen LogP contribution in [0.2, 0.25) is 0 Å². The van der Waals surface area contributed by atoms with Crippen molar-refractivity contribution in [1.29, 1.82) is 0 Å². The van der Waals surface area contributed by atoms with Crippen molar-refractivity contribution in [3.63, 3.8) is 0 Å². The van der Waals surface area contributed by atoms with E-state index in [0.29, 0.717) is 18.0 Å². The van der Waals surface area contributed by atoms with Crippen LogP contribution in [0.3, 0.4) is 0 Å². The number of unbranched alkanes of at least 4 members (excludes halogenated alkanes) is 9. The molecular weight excluding hydrogens is 475 g/mol. The zero-order valence-corrected chi connectivity index (χ0v) is 23.3. The Kier molecular flexibility index (Phi) is 13.7. The first kappa shape index (κ1) is 29.6. The van der Waals surface area contributed by atoms with Crippen LogP contribution in [0.25, 0.3) is 22.5 Å². The van der Waals surface area contributed by atoms with Crippen molar-refractivity contribution in [2.24, 2.45) is 0 Å². The van der Waals surface area contributed by atoms with Crippen LogP contribution in [0.5, 0.6) is 11.5 Å². The molecule has 0 aliphatic carbocycles. The number of nitrogens with zero attached hydrogens (tertiary/aromatic N) is 2. The highest BCUT2D eigenvalue weighted by Gasteiger charge is 2.09. The van der Waals surface area contributed by atoms with Gasteiger partial charge in [-0.1, -0.05) is 90.2 Å². The van der Waals surface area contributed by atoms with Gasteiger partial charge in [-0.3, -0.25) is 0 Å². The van der Waals surface area contributed by atoms with Gasteiger partial charge in [0.2, 0.25) is 0 Å². The number of aromatic nitrogens is 2. The van der Waals surface area contributed by atoms with Crippen LogP contribution in [0, 0.1) is 0 Å². The molecule has 3 aromatic rings. The molecule has 0 amide bonds. The van der Waals surface area contributed by atoms with Gasteiger partial charge in [0.15, 0.2) is 5.82 Å². The van der Waals surface area contributed by atoms with E-state index in [2.05, 4.69) is 23.8 Å². The summed E-state index contributed by atoms with van der Waals surface area (Å²) in [4.78, 5) is 9.11. The minimum atomic E-state index is -0.923. The molecule has 3 rings (SSSR count). The molecule has 0 fully saturated rings. The highest BCUT2D eigenvalue weighted by molar-refractivity contribution is 5.64. The molecule has 0 aliphatic heterocycles. The molecule has 0 saturated heterocycles. The standard InChI is InChI=1S/C33H45FN2O2/c1-3-5-7-9-11-13-23-37-31-19-15-27(16-20-31)29-24-35-33(36-25-29)28-17-21-32(22-18-28)38-26-30(34)14-12-10-8-6-4-2/h15-22,24-25,30H,3-14,23,26H2,1-2H3. The number of alkyl halides is 1. The van der Waals surface area contributed by atoms with Gasteiger partial charge in [0.05, 0.1) is 6.61 Å². The highest BCUT2D eigenvalue weighted by Crippen LogP contribution is 2.24. The summed E-state index contributed by atoms with van der Waals surface area (Å²) in [5, 5.41) is 0. The van der Waals surface area contributed by atoms with Crippen molar-refractivity contribution < 1.29 is 13.9 Å². The summed E-state index contributed by atoms with van der Waals surface area (Å²) < 4.78 is 25.6. The predicted molar refractivity (Wildman–Crippen MR) is 156 cm³/mol. The van der Waals surface area contributed by atoms with E-state index in [1.807, 2.05) is 60.9 Å². The third-order valence-corrected chi connectivity index (χ3v) is 6.77. The second-order valence-electron chi connectivity index (χ2n) is 10.1. The molecular formula is C33H45FN2O2. The number of hydrogen-bond donors (Lipinski definition) is 0. The SMILES string of the molecule is CCCCCCCCOc1ccc(-c2cnc(-c3ccc(OCC(F)CCCCCCC)cc3)nc2)cc1. The molecule has 0 bridgehead atoms. The fourth-order valence-electron chi connectivity index (χ4n) is 4.38. The lowest BCUT2D eigenvalue weighted by molar-refractivity contribution is 0.184. The molecule has 0 saturated carbocycles. The van der Waals surface area contributed by atoms with E-state index in [9.17, 15) is 4.39 Å². The van der Waals surface area contributed by atoms with Crippen LogP contribution in [0.4, 0.5) is 4.39 Å². The molecule has 1 aromatic heterocycles. The average molecular weight is 521 g/mol. The lowest BCUT2D eigenvalue weighted by Gasteiger charge is -2.11. The van der Waals surface area contributed by atoms with Gasteiger partial charge in [-0.25, -0.2) is 14.4 Å². The van der Waals surface area contributed by atoms with Gasteiger partial charge in [0, 0.05) is 23.5 Å². The van der Waals surface area contributed by atoms with E-state index in [0.717, 1.165) is 48.3 Å². The molecule has 5 heteroatoms. The number of benzene rings is 2. The minimum absolute atomic E-state index is 0.0984. The van der Waals surface area contributed by atoms with Crippen LogP contribution in [-0.4, -0.2) is 29.4 Å². The molecule has 0 radical (unpaired) electrons. The first-order chi connectivity index (χ1) is 18.7. The van der Waals surface area contributed by atoms with Crippen molar-refractivity contribution in [3.8, 4) is 34.0 Å². The predicted octanol–water partition coefficient (Wildman–Crippen LogP) is 9.63. The number of rotatable bonds is 19. The zero-order valence-electron chi connectivity index (χ0n) is 23.3. The largest absolute Gasteiger partial charge is 0.494 e. The summed E-state index contributed by atoms with van der Waals surface area (Å²) >= 11 is 0. The van der Waals surface area contributed by atoms with Crippen LogP contribution in [-0.2, 0) is 0 Å². The van der Waals surface area contributed by atoms with Gasteiger partial charge in [-0.05, 0) is 54.8 Å². The lowest BCUT2D eigenvalue weighted by atomic mass is 10.1. The maximum atomic E-state index is 14.1. The van der Waals surface area contributed by atoms with Crippen molar-refractivity contribution in [2.75, 3.05) is 13.2 Å². The van der Waals surface area contributed by atoms with E-state index in [1.54, 1.807) is 0 Å². The maximum Gasteiger partial charge on any atom is 0.159 e. The van der Waals surface area contributed by atoms with Crippen LogP contribution < -0.4 is 9.47 Å². The Bertz CT molecular complexity index is 1010. The van der Waals surface area contributed by atoms with Crippen molar-refractivity contribution in [2.45, 2.75) is 97.1 Å². The van der Waals surface area contributed by atoms with Gasteiger partial charge >= 0.3 is 0 Å². The third-order valence-electron chi connectivity index (χ3n) is 6.77. The molecule has 38 heavy (non-hydrogen) atoms. The van der Waals surface area contributed by atoms with E-state index in [1.165, 1.54) is 51.4 Å². The lowest BCUT2D eigenvalue weighted by Crippen LogP contribution is -2.12. The van der Waals surface area contributed by atoms with Gasteiger partial charge in [0.25, 0.3) is 0 Å². The number of ether oxygens (including phenoxy) is 2. The minimum Gasteiger partial charge on any atom is -0.494 e. The van der Waals surface area contributed by atoms with Gasteiger partial charge < -0.3 is 9.47 Å². The quantitative estimate of drug-likeness (QED) is 0.148. The second kappa shape index (κ2) is 17.5. The topological polar surface area (TPSA) is 44.2 Å². The fraction of sp³-hybridized carbons (Fsp3) is 0.515. The zero-order chi connectivity index (χ0) is 26.8. The molecule has 0 aliphatic rings. The Morgan fingerprint density at radius 1 is 0.605 bits per heavy atom. The van der Waals surface area contributed by atoms with Crippen LogP contribution in [0.1, 0.15) is 90.9 Å². The van der Waals surface area contributed by atoms with Crippen LogP contribution >= 0.6 is 0 Å². The number of halogens is 1. The fourth-order valence-corrected chi connectivity index (χ4v) is 4.38. The molecule has 1 heterocycles. The highest BCUT2D eigenvalue weighted by atomic mass is 19.1. The molecule has 1 atom stereocenters. The monoisotopic (exact) mass is 520 g/mol. The number of hydrogen-bond acceptors (Lipinski definition) is 4. The maximum absolute atomic E-state index is 14.1.